The van der Waals surface area contributed by atoms with E-state index in [4.69, 9.17) is 4.74 Å². The Morgan fingerprint density at radius 2 is 2.25 bits per heavy atom. The van der Waals surface area contributed by atoms with Crippen LogP contribution >= 0.6 is 8.07 Å². The van der Waals surface area contributed by atoms with E-state index in [2.05, 4.69) is 9.99 Å². The first-order chi connectivity index (χ1) is 7.75. The van der Waals surface area contributed by atoms with Crippen LogP contribution in [0.2, 0.25) is 0 Å². The lowest BCUT2D eigenvalue weighted by molar-refractivity contribution is -0.119. The molecule has 1 unspecified atom stereocenters. The molecule has 2 rings (SSSR count). The van der Waals surface area contributed by atoms with E-state index in [-0.39, 0.29) is 20.1 Å². The Hall–Kier alpha value is -0.180. The van der Waals surface area contributed by atoms with Gasteiger partial charge in [0.15, 0.2) is 0 Å². The highest BCUT2D eigenvalue weighted by Crippen LogP contribution is 2.47. The molecule has 0 saturated carbocycles. The number of carbonyl (C=O) groups is 1. The third kappa shape index (κ3) is 3.41. The molecule has 0 radical (unpaired) electrons. The predicted molar refractivity (Wildman–Crippen MR) is 65.9 cm³/mol. The average molecular weight is 244 g/mol. The molecule has 0 aromatic heterocycles. The summed E-state index contributed by atoms with van der Waals surface area (Å²) >= 11 is 0. The van der Waals surface area contributed by atoms with Crippen LogP contribution in [0.1, 0.15) is 19.8 Å². The van der Waals surface area contributed by atoms with Gasteiger partial charge < -0.3 is 10.1 Å². The molecule has 1 atom stereocenters. The molecular formula is C11H21N2O2P. The van der Waals surface area contributed by atoms with E-state index in [1.165, 1.54) is 25.2 Å². The highest BCUT2D eigenvalue weighted by Gasteiger charge is 2.28. The summed E-state index contributed by atoms with van der Waals surface area (Å²) in [5, 5.41) is 2.84. The third-order valence-electron chi connectivity index (χ3n) is 3.18. The molecule has 2 heterocycles. The summed E-state index contributed by atoms with van der Waals surface area (Å²) < 4.78 is 8.28. The van der Waals surface area contributed by atoms with Gasteiger partial charge in [-0.3, -0.25) is 9.46 Å². The van der Waals surface area contributed by atoms with Crippen LogP contribution in [0.3, 0.4) is 0 Å². The Bertz CT molecular complexity index is 244. The van der Waals surface area contributed by atoms with Crippen molar-refractivity contribution in [1.29, 1.82) is 0 Å². The molecule has 0 spiro atoms. The van der Waals surface area contributed by atoms with Crippen molar-refractivity contribution in [1.82, 2.24) is 9.99 Å². The maximum absolute atomic E-state index is 10.8. The van der Waals surface area contributed by atoms with Crippen LogP contribution in [-0.4, -0.2) is 55.2 Å². The predicted octanol–water partition coefficient (Wildman–Crippen LogP) is 1.01. The number of ether oxygens (including phenoxy) is 1. The lowest BCUT2D eigenvalue weighted by Gasteiger charge is -2.36. The summed E-state index contributed by atoms with van der Waals surface area (Å²) in [6, 6.07) is 0. The molecule has 0 aromatic rings. The van der Waals surface area contributed by atoms with Gasteiger partial charge in [0.2, 0.25) is 5.91 Å². The van der Waals surface area contributed by atoms with Crippen molar-refractivity contribution in [3.8, 4) is 0 Å². The van der Waals surface area contributed by atoms with E-state index >= 15 is 0 Å². The van der Waals surface area contributed by atoms with Crippen molar-refractivity contribution >= 4 is 14.0 Å². The molecule has 1 N–H and O–H groups in total. The number of carbonyl (C=O) groups excluding carboxylic acids is 1. The first kappa shape index (κ1) is 12.3. The van der Waals surface area contributed by atoms with E-state index in [0.29, 0.717) is 6.54 Å². The molecule has 2 aliphatic rings. The molecular weight excluding hydrogens is 223 g/mol. The van der Waals surface area contributed by atoms with Crippen molar-refractivity contribution in [3.05, 3.63) is 0 Å². The van der Waals surface area contributed by atoms with E-state index in [1.54, 1.807) is 6.92 Å². The molecule has 0 bridgehead atoms. The van der Waals surface area contributed by atoms with E-state index in [1.807, 2.05) is 0 Å². The number of amides is 1. The van der Waals surface area contributed by atoms with Crippen molar-refractivity contribution in [2.45, 2.75) is 25.9 Å². The number of hydrogen-bond acceptors (Lipinski definition) is 3. The van der Waals surface area contributed by atoms with Crippen LogP contribution in [0.25, 0.3) is 0 Å². The Balaban J connectivity index is 1.76. The van der Waals surface area contributed by atoms with Gasteiger partial charge in [0, 0.05) is 26.6 Å². The van der Waals surface area contributed by atoms with E-state index in [9.17, 15) is 4.79 Å². The van der Waals surface area contributed by atoms with Crippen LogP contribution in [0.5, 0.6) is 0 Å². The maximum Gasteiger partial charge on any atom is 0.216 e. The second kappa shape index (κ2) is 5.95. The largest absolute Gasteiger partial charge is 0.374 e. The fraction of sp³-hybridized carbons (Fsp3) is 0.909. The summed E-state index contributed by atoms with van der Waals surface area (Å²) in [7, 11) is 0.125. The second-order valence-corrected chi connectivity index (χ2v) is 6.98. The molecule has 2 aliphatic heterocycles. The molecule has 2 fully saturated rings. The molecule has 0 aromatic carbocycles. The normalized spacial score (nSPS) is 28.2. The average Bonchev–Trinajstić information content (AvgIpc) is 2.80. The summed E-state index contributed by atoms with van der Waals surface area (Å²) in [6.07, 6.45) is 5.81. The lowest BCUT2D eigenvalue weighted by Crippen LogP contribution is -2.45. The highest BCUT2D eigenvalue weighted by atomic mass is 31.1. The van der Waals surface area contributed by atoms with Crippen LogP contribution in [-0.2, 0) is 9.53 Å². The van der Waals surface area contributed by atoms with Crippen LogP contribution in [0.4, 0.5) is 0 Å². The van der Waals surface area contributed by atoms with Crippen molar-refractivity contribution in [2.75, 3.05) is 38.6 Å². The smallest absolute Gasteiger partial charge is 0.216 e. The van der Waals surface area contributed by atoms with Gasteiger partial charge in [-0.1, -0.05) is 0 Å². The van der Waals surface area contributed by atoms with Crippen LogP contribution in [0, 0.1) is 0 Å². The zero-order valence-corrected chi connectivity index (χ0v) is 10.8. The summed E-state index contributed by atoms with van der Waals surface area (Å²) in [5.41, 5.74) is 0. The lowest BCUT2D eigenvalue weighted by atomic mass is 10.3. The minimum absolute atomic E-state index is 0.0345. The molecule has 1 amide bonds. The quantitative estimate of drug-likeness (QED) is 0.753. The van der Waals surface area contributed by atoms with Gasteiger partial charge in [0.25, 0.3) is 0 Å². The SMILES string of the molecule is CC(=O)NCC1CN(P2CCCC2)CCO1. The Morgan fingerprint density at radius 3 is 2.94 bits per heavy atom. The topological polar surface area (TPSA) is 41.6 Å². The monoisotopic (exact) mass is 244 g/mol. The molecule has 5 heteroatoms. The van der Waals surface area contributed by atoms with Crippen molar-refractivity contribution in [3.63, 3.8) is 0 Å². The number of nitrogens with zero attached hydrogens (tertiary/aromatic N) is 1. The zero-order valence-electron chi connectivity index (χ0n) is 9.95. The standard InChI is InChI=1S/C11H21N2O2P/c1-10(14)12-8-11-9-13(4-5-15-11)16-6-2-3-7-16/h11H,2-9H2,1H3,(H,12,14). The van der Waals surface area contributed by atoms with Gasteiger partial charge >= 0.3 is 0 Å². The third-order valence-corrected chi connectivity index (χ3v) is 6.01. The van der Waals surface area contributed by atoms with E-state index < -0.39 is 0 Å². The highest BCUT2D eigenvalue weighted by molar-refractivity contribution is 7.55. The number of hydrogen-bond donors (Lipinski definition) is 1. The van der Waals surface area contributed by atoms with Crippen molar-refractivity contribution < 1.29 is 9.53 Å². The number of rotatable bonds is 3. The summed E-state index contributed by atoms with van der Waals surface area (Å²) in [4.78, 5) is 10.8. The molecule has 2 saturated heterocycles. The summed E-state index contributed by atoms with van der Waals surface area (Å²) in [6.45, 7) is 5.13. The van der Waals surface area contributed by atoms with Gasteiger partial charge in [0.1, 0.15) is 0 Å². The molecule has 4 nitrogen and oxygen atoms in total. The van der Waals surface area contributed by atoms with Crippen LogP contribution < -0.4 is 5.32 Å². The van der Waals surface area contributed by atoms with Crippen LogP contribution in [0.15, 0.2) is 0 Å². The summed E-state index contributed by atoms with van der Waals surface area (Å²) in [5.74, 6) is 0.0345. The Morgan fingerprint density at radius 1 is 1.50 bits per heavy atom. The van der Waals surface area contributed by atoms with Gasteiger partial charge in [-0.2, -0.15) is 0 Å². The zero-order chi connectivity index (χ0) is 11.4. The minimum Gasteiger partial charge on any atom is -0.374 e. The molecule has 0 aliphatic carbocycles. The first-order valence-corrected chi connectivity index (χ1v) is 7.78. The molecule has 16 heavy (non-hydrogen) atoms. The molecule has 92 valence electrons. The second-order valence-electron chi connectivity index (χ2n) is 4.50. The Labute approximate surface area is 98.5 Å². The number of morpholine rings is 1. The van der Waals surface area contributed by atoms with E-state index in [0.717, 1.165) is 19.7 Å². The number of nitrogens with one attached hydrogen (secondary N) is 1. The minimum atomic E-state index is 0.0345. The fourth-order valence-corrected chi connectivity index (χ4v) is 5.07. The van der Waals surface area contributed by atoms with Gasteiger partial charge in [-0.25, -0.2) is 0 Å². The van der Waals surface area contributed by atoms with Gasteiger partial charge in [-0.15, -0.1) is 0 Å². The van der Waals surface area contributed by atoms with Gasteiger partial charge in [0.05, 0.1) is 12.7 Å². The van der Waals surface area contributed by atoms with Gasteiger partial charge in [-0.05, 0) is 33.2 Å². The van der Waals surface area contributed by atoms with Crippen molar-refractivity contribution in [2.24, 2.45) is 0 Å². The maximum atomic E-state index is 10.8. The first-order valence-electron chi connectivity index (χ1n) is 6.11. The fourth-order valence-electron chi connectivity index (χ4n) is 2.33. The Kier molecular flexibility index (Phi) is 4.56.